The van der Waals surface area contributed by atoms with Crippen LogP contribution in [0.5, 0.6) is 28.7 Å². The topological polar surface area (TPSA) is 63.2 Å². The molecule has 8 heteroatoms. The molecular weight excluding hydrogens is 386 g/mol. The Kier molecular flexibility index (Phi) is 11.0. The van der Waals surface area contributed by atoms with Crippen LogP contribution in [0.3, 0.4) is 0 Å². The van der Waals surface area contributed by atoms with E-state index in [9.17, 15) is 4.79 Å². The molecule has 0 aromatic heterocycles. The van der Waals surface area contributed by atoms with Gasteiger partial charge in [0.05, 0.1) is 39.3 Å². The zero-order chi connectivity index (χ0) is 20.5. The van der Waals surface area contributed by atoms with Gasteiger partial charge in [-0.1, -0.05) is 6.07 Å². The zero-order valence-corrected chi connectivity index (χ0v) is 19.0. The molecule has 0 saturated heterocycles. The Morgan fingerprint density at radius 1 is 0.862 bits per heavy atom. The molecule has 2 aromatic rings. The van der Waals surface area contributed by atoms with Crippen molar-refractivity contribution in [2.45, 2.75) is 20.8 Å². The summed E-state index contributed by atoms with van der Waals surface area (Å²) in [7, 11) is 2.83. The van der Waals surface area contributed by atoms with E-state index in [0.717, 1.165) is 0 Å². The molecule has 1 unspecified atom stereocenters. The van der Waals surface area contributed by atoms with E-state index >= 15 is 0 Å². The van der Waals surface area contributed by atoms with Gasteiger partial charge in [-0.2, -0.15) is 0 Å². The summed E-state index contributed by atoms with van der Waals surface area (Å²) in [6, 6.07) is 8.86. The molecule has 0 N–H and O–H groups in total. The number of carbonyl (C=O) groups excluding carboxylic acids is 1. The number of carbonyl (C=O) groups is 1. The molecule has 0 aliphatic carbocycles. The summed E-state index contributed by atoms with van der Waals surface area (Å²) in [5.74, 6) is 2.75. The summed E-state index contributed by atoms with van der Waals surface area (Å²) in [5, 5.41) is 0.699. The first-order valence-electron chi connectivity index (χ1n) is 9.18. The molecular formula is C21H28LiO6P. The van der Waals surface area contributed by atoms with E-state index in [0.29, 0.717) is 59.4 Å². The average molecular weight is 414 g/mol. The maximum absolute atomic E-state index is 13.2. The van der Waals surface area contributed by atoms with Crippen molar-refractivity contribution in [2.24, 2.45) is 0 Å². The first-order chi connectivity index (χ1) is 13.6. The van der Waals surface area contributed by atoms with Crippen LogP contribution in [0.15, 0.2) is 30.3 Å². The van der Waals surface area contributed by atoms with E-state index in [1.54, 1.807) is 30.3 Å². The first-order valence-corrected chi connectivity index (χ1v) is 10.2. The number of benzene rings is 2. The Morgan fingerprint density at radius 2 is 1.34 bits per heavy atom. The molecule has 0 amide bonds. The summed E-state index contributed by atoms with van der Waals surface area (Å²) >= 11 is 0. The van der Waals surface area contributed by atoms with E-state index in [4.69, 9.17) is 23.7 Å². The Bertz CT molecular complexity index is 769. The largest absolute Gasteiger partial charge is 1.00 e. The molecule has 154 valence electrons. The van der Waals surface area contributed by atoms with Crippen molar-refractivity contribution in [3.63, 3.8) is 0 Å². The number of rotatable bonds is 11. The fraction of sp³-hybridized carbons (Fsp3) is 0.381. The molecule has 2 aromatic carbocycles. The van der Waals surface area contributed by atoms with Crippen molar-refractivity contribution in [2.75, 3.05) is 34.0 Å². The third kappa shape index (κ3) is 6.31. The third-order valence-corrected chi connectivity index (χ3v) is 5.06. The molecule has 1 atom stereocenters. The number of methoxy groups -OCH3 is 2. The van der Waals surface area contributed by atoms with Gasteiger partial charge in [0.25, 0.3) is 0 Å². The predicted octanol–water partition coefficient (Wildman–Crippen LogP) is 1.16. The summed E-state index contributed by atoms with van der Waals surface area (Å²) in [5.41, 5.74) is 0.282. The van der Waals surface area contributed by atoms with Crippen LogP contribution in [-0.4, -0.2) is 39.6 Å². The summed E-state index contributed by atoms with van der Waals surface area (Å²) < 4.78 is 28.0. The monoisotopic (exact) mass is 414 g/mol. The third-order valence-electron chi connectivity index (χ3n) is 3.84. The second-order valence-electron chi connectivity index (χ2n) is 5.59. The molecule has 0 spiro atoms. The number of hydrogen-bond acceptors (Lipinski definition) is 6. The average Bonchev–Trinajstić information content (AvgIpc) is 2.70. The zero-order valence-electron chi connectivity index (χ0n) is 19.0. The van der Waals surface area contributed by atoms with E-state index in [1.165, 1.54) is 14.2 Å². The van der Waals surface area contributed by atoms with Crippen molar-refractivity contribution in [1.82, 2.24) is 0 Å². The van der Waals surface area contributed by atoms with Gasteiger partial charge in [-0.15, -0.1) is 0 Å². The van der Waals surface area contributed by atoms with Gasteiger partial charge in [0.15, 0.2) is 5.52 Å². The van der Waals surface area contributed by atoms with Crippen LogP contribution in [0.4, 0.5) is 0 Å². The molecule has 29 heavy (non-hydrogen) atoms. The van der Waals surface area contributed by atoms with Crippen molar-refractivity contribution < 1.29 is 48.8 Å². The quantitative estimate of drug-likeness (QED) is 0.406. The molecule has 0 saturated carbocycles. The standard InChI is InChI=1S/C21H27O6P.Li.H/c1-6-25-14-12-17(26-7-2)20(18(13-14)27-8-3)28-21(22)19-15(23-4)10-9-11-16(19)24-5;;/h9-13,28H,6-8H2,1-5H3;;/q;+1;-1. The van der Waals surface area contributed by atoms with Gasteiger partial charge in [-0.05, 0) is 41.5 Å². The molecule has 0 fully saturated rings. The Balaban J connectivity index is 0.00000420. The van der Waals surface area contributed by atoms with E-state index in [2.05, 4.69) is 0 Å². The molecule has 0 bridgehead atoms. The van der Waals surface area contributed by atoms with Crippen LogP contribution < -0.4 is 47.8 Å². The first kappa shape index (κ1) is 25.2. The van der Waals surface area contributed by atoms with Gasteiger partial charge < -0.3 is 25.1 Å². The van der Waals surface area contributed by atoms with Gasteiger partial charge in [-0.25, -0.2) is 0 Å². The van der Waals surface area contributed by atoms with E-state index < -0.39 is 0 Å². The Hall–Kier alpha value is -1.86. The maximum atomic E-state index is 13.2. The minimum absolute atomic E-state index is 0. The van der Waals surface area contributed by atoms with Gasteiger partial charge in [0, 0.05) is 12.1 Å². The molecule has 0 radical (unpaired) electrons. The van der Waals surface area contributed by atoms with Crippen molar-refractivity contribution >= 4 is 19.4 Å². The maximum Gasteiger partial charge on any atom is 1.00 e. The summed E-state index contributed by atoms with van der Waals surface area (Å²) in [4.78, 5) is 13.2. The van der Waals surface area contributed by atoms with Crippen LogP contribution in [0.2, 0.25) is 0 Å². The Labute approximate surface area is 187 Å². The van der Waals surface area contributed by atoms with E-state index in [1.807, 2.05) is 20.8 Å². The second-order valence-corrected chi connectivity index (χ2v) is 6.79. The predicted molar refractivity (Wildman–Crippen MR) is 113 cm³/mol. The minimum atomic E-state index is -0.234. The van der Waals surface area contributed by atoms with Crippen molar-refractivity contribution in [3.05, 3.63) is 35.9 Å². The van der Waals surface area contributed by atoms with Gasteiger partial charge in [-0.3, -0.25) is 4.79 Å². The second kappa shape index (κ2) is 12.6. The van der Waals surface area contributed by atoms with Gasteiger partial charge in [0.1, 0.15) is 34.3 Å². The molecule has 0 aliphatic rings. The fourth-order valence-corrected chi connectivity index (χ4v) is 3.86. The van der Waals surface area contributed by atoms with Crippen LogP contribution >= 0.6 is 8.58 Å². The molecule has 0 heterocycles. The normalized spacial score (nSPS) is 10.4. The van der Waals surface area contributed by atoms with Crippen molar-refractivity contribution in [3.8, 4) is 28.7 Å². The van der Waals surface area contributed by atoms with Crippen LogP contribution in [0.1, 0.15) is 32.6 Å². The smallest absolute Gasteiger partial charge is 1.00 e. The SMILES string of the molecule is CCOc1cc(OCC)c(PC(=O)c2c(OC)cccc2OC)c(OCC)c1.[H-].[Li+]. The number of hydrogen-bond donors (Lipinski definition) is 0. The van der Waals surface area contributed by atoms with Gasteiger partial charge >= 0.3 is 18.9 Å². The molecule has 6 nitrogen and oxygen atoms in total. The summed E-state index contributed by atoms with van der Waals surface area (Å²) in [6.45, 7) is 7.15. The number of ether oxygens (including phenoxy) is 5. The minimum Gasteiger partial charge on any atom is -1.00 e. The van der Waals surface area contributed by atoms with E-state index in [-0.39, 0.29) is 34.4 Å². The Morgan fingerprint density at radius 3 is 1.76 bits per heavy atom. The van der Waals surface area contributed by atoms with Crippen LogP contribution in [0, 0.1) is 0 Å². The van der Waals surface area contributed by atoms with Crippen LogP contribution in [-0.2, 0) is 0 Å². The molecule has 2 rings (SSSR count). The van der Waals surface area contributed by atoms with Gasteiger partial charge in [0.2, 0.25) is 0 Å². The molecule has 0 aliphatic heterocycles. The fourth-order valence-electron chi connectivity index (χ4n) is 2.73. The van der Waals surface area contributed by atoms with Crippen molar-refractivity contribution in [1.29, 1.82) is 0 Å². The van der Waals surface area contributed by atoms with Crippen LogP contribution in [0.25, 0.3) is 0 Å². The summed E-state index contributed by atoms with van der Waals surface area (Å²) in [6.07, 6.45) is 0.